The highest BCUT2D eigenvalue weighted by Crippen LogP contribution is 2.19. The van der Waals surface area contributed by atoms with Crippen molar-refractivity contribution in [3.8, 4) is 0 Å². The van der Waals surface area contributed by atoms with E-state index in [0.717, 1.165) is 12.1 Å². The number of nitrogens with zero attached hydrogens (tertiary/aromatic N) is 1. The first-order valence-corrected chi connectivity index (χ1v) is 5.07. The second kappa shape index (κ2) is 5.73. The normalized spacial score (nSPS) is 15.1. The van der Waals surface area contributed by atoms with Crippen molar-refractivity contribution in [2.24, 2.45) is 5.73 Å². The second-order valence-electron chi connectivity index (χ2n) is 3.20. The monoisotopic (exact) mass is 194 g/mol. The summed E-state index contributed by atoms with van der Waals surface area (Å²) in [5.74, 6) is 0. The number of pyridine rings is 1. The summed E-state index contributed by atoms with van der Waals surface area (Å²) in [5, 5.41) is 0. The van der Waals surface area contributed by atoms with Gasteiger partial charge in [0, 0.05) is 18.8 Å². The van der Waals surface area contributed by atoms with Crippen LogP contribution in [0.5, 0.6) is 0 Å². The van der Waals surface area contributed by atoms with Crippen molar-refractivity contribution >= 4 is 0 Å². The molecule has 0 radical (unpaired) electrons. The van der Waals surface area contributed by atoms with Gasteiger partial charge >= 0.3 is 0 Å². The zero-order valence-corrected chi connectivity index (χ0v) is 8.81. The summed E-state index contributed by atoms with van der Waals surface area (Å²) in [5.41, 5.74) is 6.89. The summed E-state index contributed by atoms with van der Waals surface area (Å²) < 4.78 is 5.59. The van der Waals surface area contributed by atoms with Crippen molar-refractivity contribution in [1.29, 1.82) is 0 Å². The van der Waals surface area contributed by atoms with Crippen molar-refractivity contribution in [3.05, 3.63) is 30.1 Å². The van der Waals surface area contributed by atoms with Crippen LogP contribution in [0.2, 0.25) is 0 Å². The predicted molar refractivity (Wildman–Crippen MR) is 56.9 cm³/mol. The van der Waals surface area contributed by atoms with Gasteiger partial charge in [0.15, 0.2) is 0 Å². The molecule has 0 saturated heterocycles. The van der Waals surface area contributed by atoms with Crippen LogP contribution in [0.3, 0.4) is 0 Å². The van der Waals surface area contributed by atoms with E-state index in [0.29, 0.717) is 6.61 Å². The van der Waals surface area contributed by atoms with Crippen molar-refractivity contribution in [3.63, 3.8) is 0 Å². The molecule has 3 nitrogen and oxygen atoms in total. The van der Waals surface area contributed by atoms with Gasteiger partial charge in [-0.1, -0.05) is 13.0 Å². The van der Waals surface area contributed by atoms with Crippen LogP contribution in [0.1, 0.15) is 32.1 Å². The Morgan fingerprint density at radius 2 is 2.21 bits per heavy atom. The van der Waals surface area contributed by atoms with Gasteiger partial charge in [-0.25, -0.2) is 0 Å². The van der Waals surface area contributed by atoms with Gasteiger partial charge in [0.2, 0.25) is 0 Å². The molecule has 78 valence electrons. The summed E-state index contributed by atoms with van der Waals surface area (Å²) in [6.45, 7) is 4.69. The Balaban J connectivity index is 2.77. The van der Waals surface area contributed by atoms with Crippen LogP contribution in [0.15, 0.2) is 24.4 Å². The number of ether oxygens (including phenoxy) is 1. The van der Waals surface area contributed by atoms with Crippen LogP contribution in [0, 0.1) is 0 Å². The Morgan fingerprint density at radius 3 is 2.71 bits per heavy atom. The lowest BCUT2D eigenvalue weighted by Crippen LogP contribution is -2.30. The first kappa shape index (κ1) is 11.1. The molecular formula is C11H18N2O. The third-order valence-corrected chi connectivity index (χ3v) is 2.19. The minimum absolute atomic E-state index is 0.0184. The highest BCUT2D eigenvalue weighted by molar-refractivity contribution is 5.09. The minimum atomic E-state index is -0.0776. The first-order chi connectivity index (χ1) is 6.79. The maximum Gasteiger partial charge on any atom is 0.114 e. The van der Waals surface area contributed by atoms with E-state index >= 15 is 0 Å². The molecule has 0 amide bonds. The number of hydrogen-bond donors (Lipinski definition) is 1. The molecular weight excluding hydrogens is 176 g/mol. The lowest BCUT2D eigenvalue weighted by atomic mass is 10.1. The largest absolute Gasteiger partial charge is 0.371 e. The van der Waals surface area contributed by atoms with E-state index in [9.17, 15) is 0 Å². The highest BCUT2D eigenvalue weighted by atomic mass is 16.5. The average Bonchev–Trinajstić information content (AvgIpc) is 2.26. The molecule has 0 aliphatic carbocycles. The molecule has 0 fully saturated rings. The molecule has 2 N–H and O–H groups in total. The van der Waals surface area contributed by atoms with Gasteiger partial charge in [-0.2, -0.15) is 0 Å². The molecule has 0 aliphatic heterocycles. The van der Waals surface area contributed by atoms with Gasteiger partial charge in [0.25, 0.3) is 0 Å². The van der Waals surface area contributed by atoms with Gasteiger partial charge in [0.1, 0.15) is 6.10 Å². The van der Waals surface area contributed by atoms with Crippen LogP contribution < -0.4 is 5.73 Å². The molecule has 0 aliphatic rings. The third kappa shape index (κ3) is 2.79. The fourth-order valence-corrected chi connectivity index (χ4v) is 1.37. The Kier molecular flexibility index (Phi) is 4.56. The van der Waals surface area contributed by atoms with Crippen LogP contribution in [0.4, 0.5) is 0 Å². The molecule has 1 unspecified atom stereocenters. The molecule has 3 heteroatoms. The fourth-order valence-electron chi connectivity index (χ4n) is 1.37. The highest BCUT2D eigenvalue weighted by Gasteiger charge is 2.19. The standard InChI is InChI=1S/C11H18N2O/c1-3-9(12)11(14-4-2)10-7-5-6-8-13-10/h5-9,11H,3-4,12H2,1-2H3/t9-,11?/m0/s1. The summed E-state index contributed by atoms with van der Waals surface area (Å²) in [6, 6.07) is 5.82. The van der Waals surface area contributed by atoms with E-state index in [-0.39, 0.29) is 12.1 Å². The zero-order valence-electron chi connectivity index (χ0n) is 8.81. The Bertz CT molecular complexity index is 251. The Labute approximate surface area is 85.3 Å². The number of rotatable bonds is 5. The Hall–Kier alpha value is -0.930. The molecule has 0 bridgehead atoms. The molecule has 1 aromatic heterocycles. The van der Waals surface area contributed by atoms with Gasteiger partial charge in [-0.3, -0.25) is 4.98 Å². The smallest absolute Gasteiger partial charge is 0.114 e. The predicted octanol–water partition coefficient (Wildman–Crippen LogP) is 1.90. The number of aromatic nitrogens is 1. The second-order valence-corrected chi connectivity index (χ2v) is 3.20. The van der Waals surface area contributed by atoms with Crippen molar-refractivity contribution in [1.82, 2.24) is 4.98 Å². The van der Waals surface area contributed by atoms with Gasteiger partial charge in [-0.05, 0) is 25.5 Å². The molecule has 1 rings (SSSR count). The van der Waals surface area contributed by atoms with E-state index in [4.69, 9.17) is 10.5 Å². The lowest BCUT2D eigenvalue weighted by molar-refractivity contribution is 0.0394. The number of nitrogens with two attached hydrogens (primary N) is 1. The summed E-state index contributed by atoms with van der Waals surface area (Å²) in [6.07, 6.45) is 2.58. The first-order valence-electron chi connectivity index (χ1n) is 5.07. The summed E-state index contributed by atoms with van der Waals surface area (Å²) in [7, 11) is 0. The quantitative estimate of drug-likeness (QED) is 0.778. The van der Waals surface area contributed by atoms with Crippen molar-refractivity contribution < 1.29 is 4.74 Å². The number of hydrogen-bond acceptors (Lipinski definition) is 3. The van der Waals surface area contributed by atoms with Crippen LogP contribution >= 0.6 is 0 Å². The molecule has 2 atom stereocenters. The van der Waals surface area contributed by atoms with Crippen LogP contribution in [-0.2, 0) is 4.74 Å². The zero-order chi connectivity index (χ0) is 10.4. The average molecular weight is 194 g/mol. The lowest BCUT2D eigenvalue weighted by Gasteiger charge is -2.21. The molecule has 1 heterocycles. The van der Waals surface area contributed by atoms with Crippen molar-refractivity contribution in [2.45, 2.75) is 32.4 Å². The van der Waals surface area contributed by atoms with E-state index in [1.54, 1.807) is 6.20 Å². The maximum absolute atomic E-state index is 5.97. The van der Waals surface area contributed by atoms with E-state index in [1.165, 1.54) is 0 Å². The Morgan fingerprint density at radius 1 is 1.43 bits per heavy atom. The molecule has 14 heavy (non-hydrogen) atoms. The van der Waals surface area contributed by atoms with Gasteiger partial charge in [-0.15, -0.1) is 0 Å². The summed E-state index contributed by atoms with van der Waals surface area (Å²) >= 11 is 0. The molecule has 0 spiro atoms. The molecule has 0 saturated carbocycles. The molecule has 0 aromatic carbocycles. The van der Waals surface area contributed by atoms with Crippen LogP contribution in [-0.4, -0.2) is 17.6 Å². The van der Waals surface area contributed by atoms with Gasteiger partial charge in [0.05, 0.1) is 5.69 Å². The topological polar surface area (TPSA) is 48.1 Å². The molecule has 1 aromatic rings. The minimum Gasteiger partial charge on any atom is -0.371 e. The summed E-state index contributed by atoms with van der Waals surface area (Å²) in [4.78, 5) is 4.26. The van der Waals surface area contributed by atoms with Crippen LogP contribution in [0.25, 0.3) is 0 Å². The SMILES string of the molecule is CCOC(c1ccccn1)[C@@H](N)CC. The maximum atomic E-state index is 5.97. The van der Waals surface area contributed by atoms with E-state index in [2.05, 4.69) is 11.9 Å². The van der Waals surface area contributed by atoms with Gasteiger partial charge < -0.3 is 10.5 Å². The van der Waals surface area contributed by atoms with E-state index < -0.39 is 0 Å². The third-order valence-electron chi connectivity index (χ3n) is 2.19. The van der Waals surface area contributed by atoms with Crippen molar-refractivity contribution in [2.75, 3.05) is 6.61 Å². The fraction of sp³-hybridized carbons (Fsp3) is 0.545. The van der Waals surface area contributed by atoms with E-state index in [1.807, 2.05) is 25.1 Å².